The second-order valence-electron chi connectivity index (χ2n) is 5.16. The number of halogens is 3. The fraction of sp³-hybridized carbons (Fsp3) is 0.333. The molecular weight excluding hydrogens is 283 g/mol. The molecule has 1 unspecified atom stereocenters. The molecule has 0 amide bonds. The van der Waals surface area contributed by atoms with Crippen molar-refractivity contribution in [2.75, 3.05) is 6.54 Å². The number of nitrogens with one attached hydrogen (secondary N) is 1. The first-order chi connectivity index (χ1) is 9.79. The van der Waals surface area contributed by atoms with E-state index in [0.717, 1.165) is 12.1 Å². The van der Waals surface area contributed by atoms with Gasteiger partial charge in [0.1, 0.15) is 17.1 Å². The highest BCUT2D eigenvalue weighted by atomic mass is 19.2. The van der Waals surface area contributed by atoms with Crippen molar-refractivity contribution < 1.29 is 22.7 Å². The van der Waals surface area contributed by atoms with Crippen molar-refractivity contribution in [3.8, 4) is 0 Å². The number of aliphatic hydroxyl groups is 1. The lowest BCUT2D eigenvalue weighted by Gasteiger charge is -2.21. The van der Waals surface area contributed by atoms with Crippen LogP contribution in [-0.2, 0) is 12.1 Å². The molecule has 1 aromatic carbocycles. The van der Waals surface area contributed by atoms with Crippen LogP contribution in [0.25, 0.3) is 0 Å². The summed E-state index contributed by atoms with van der Waals surface area (Å²) in [6.45, 7) is 3.52. The molecule has 2 rings (SSSR count). The monoisotopic (exact) mass is 299 g/mol. The summed E-state index contributed by atoms with van der Waals surface area (Å²) < 4.78 is 44.3. The van der Waals surface area contributed by atoms with E-state index in [1.807, 2.05) is 0 Å². The van der Waals surface area contributed by atoms with Crippen LogP contribution in [0.3, 0.4) is 0 Å². The normalized spacial score (nSPS) is 14.2. The predicted molar refractivity (Wildman–Crippen MR) is 71.0 cm³/mol. The van der Waals surface area contributed by atoms with Gasteiger partial charge in [-0.15, -0.1) is 0 Å². The van der Waals surface area contributed by atoms with Crippen molar-refractivity contribution in [1.82, 2.24) is 5.32 Å². The molecule has 0 aliphatic carbocycles. The molecule has 0 saturated heterocycles. The highest BCUT2D eigenvalue weighted by Crippen LogP contribution is 2.22. The number of rotatable bonds is 5. The zero-order chi connectivity index (χ0) is 15.6. The molecule has 0 saturated carbocycles. The smallest absolute Gasteiger partial charge is 0.194 e. The van der Waals surface area contributed by atoms with Crippen molar-refractivity contribution in [3.63, 3.8) is 0 Å². The lowest BCUT2D eigenvalue weighted by Crippen LogP contribution is -2.34. The summed E-state index contributed by atoms with van der Waals surface area (Å²) in [5.41, 5.74) is -1.01. The van der Waals surface area contributed by atoms with Crippen molar-refractivity contribution in [1.29, 1.82) is 0 Å². The summed E-state index contributed by atoms with van der Waals surface area (Å²) >= 11 is 0. The van der Waals surface area contributed by atoms with Crippen LogP contribution in [0, 0.1) is 24.4 Å². The molecule has 2 aromatic rings. The third-order valence-electron chi connectivity index (χ3n) is 3.11. The molecule has 0 fully saturated rings. The Labute approximate surface area is 120 Å². The zero-order valence-corrected chi connectivity index (χ0v) is 11.7. The molecule has 0 aliphatic heterocycles. The van der Waals surface area contributed by atoms with Crippen LogP contribution in [-0.4, -0.2) is 11.7 Å². The van der Waals surface area contributed by atoms with Gasteiger partial charge in [0.15, 0.2) is 17.5 Å². The van der Waals surface area contributed by atoms with Crippen molar-refractivity contribution in [2.45, 2.75) is 26.0 Å². The van der Waals surface area contributed by atoms with Crippen LogP contribution in [0.1, 0.15) is 24.0 Å². The van der Waals surface area contributed by atoms with E-state index >= 15 is 0 Å². The van der Waals surface area contributed by atoms with Gasteiger partial charge >= 0.3 is 0 Å². The average Bonchev–Trinajstić information content (AvgIpc) is 2.83. The van der Waals surface area contributed by atoms with E-state index < -0.39 is 23.1 Å². The Morgan fingerprint density at radius 2 is 1.81 bits per heavy atom. The Bertz CT molecular complexity index is 615. The molecule has 0 radical (unpaired) electrons. The van der Waals surface area contributed by atoms with Crippen molar-refractivity contribution in [2.24, 2.45) is 0 Å². The van der Waals surface area contributed by atoms with Gasteiger partial charge in [0.2, 0.25) is 0 Å². The SMILES string of the molecule is Cc1ccc(C(C)(O)CNCc2cc(F)c(F)c(F)c2)o1. The molecule has 1 aromatic heterocycles. The standard InChI is InChI=1S/C15H16F3NO2/c1-9-3-4-13(21-9)15(2,20)8-19-7-10-5-11(16)14(18)12(17)6-10/h3-6,19-20H,7-8H2,1-2H3. The van der Waals surface area contributed by atoms with Crippen LogP contribution in [0.2, 0.25) is 0 Å². The van der Waals surface area contributed by atoms with Gasteiger partial charge in [-0.2, -0.15) is 0 Å². The van der Waals surface area contributed by atoms with E-state index in [9.17, 15) is 18.3 Å². The van der Waals surface area contributed by atoms with Crippen LogP contribution in [0.5, 0.6) is 0 Å². The van der Waals surface area contributed by atoms with Gasteiger partial charge in [-0.05, 0) is 43.7 Å². The molecule has 3 nitrogen and oxygen atoms in total. The minimum Gasteiger partial charge on any atom is -0.463 e. The molecule has 0 aliphatic rings. The quantitative estimate of drug-likeness (QED) is 0.834. The maximum Gasteiger partial charge on any atom is 0.194 e. The number of aryl methyl sites for hydroxylation is 1. The zero-order valence-electron chi connectivity index (χ0n) is 11.7. The van der Waals surface area contributed by atoms with Crippen LogP contribution >= 0.6 is 0 Å². The van der Waals surface area contributed by atoms with Gasteiger partial charge < -0.3 is 14.8 Å². The van der Waals surface area contributed by atoms with E-state index in [-0.39, 0.29) is 18.7 Å². The minimum absolute atomic E-state index is 0.0873. The maximum atomic E-state index is 13.1. The van der Waals surface area contributed by atoms with E-state index in [4.69, 9.17) is 4.42 Å². The fourth-order valence-corrected chi connectivity index (χ4v) is 1.97. The van der Waals surface area contributed by atoms with E-state index in [0.29, 0.717) is 11.5 Å². The summed E-state index contributed by atoms with van der Waals surface area (Å²) in [6, 6.07) is 5.22. The highest BCUT2D eigenvalue weighted by molar-refractivity contribution is 5.19. The molecule has 21 heavy (non-hydrogen) atoms. The first-order valence-corrected chi connectivity index (χ1v) is 6.43. The van der Waals surface area contributed by atoms with Gasteiger partial charge in [-0.1, -0.05) is 0 Å². The minimum atomic E-state index is -1.49. The predicted octanol–water partition coefficient (Wildman–Crippen LogP) is 3.00. The van der Waals surface area contributed by atoms with Gasteiger partial charge in [0.05, 0.1) is 0 Å². The number of benzene rings is 1. The Kier molecular flexibility index (Phi) is 4.39. The Hall–Kier alpha value is -1.79. The van der Waals surface area contributed by atoms with Crippen molar-refractivity contribution >= 4 is 0 Å². The molecule has 2 N–H and O–H groups in total. The Morgan fingerprint density at radius 1 is 1.19 bits per heavy atom. The average molecular weight is 299 g/mol. The first-order valence-electron chi connectivity index (χ1n) is 6.43. The molecular formula is C15H16F3NO2. The summed E-state index contributed by atoms with van der Waals surface area (Å²) in [5.74, 6) is -2.89. The number of hydrogen-bond acceptors (Lipinski definition) is 3. The molecule has 6 heteroatoms. The van der Waals surface area contributed by atoms with E-state index in [1.54, 1.807) is 26.0 Å². The first kappa shape index (κ1) is 15.6. The Morgan fingerprint density at radius 3 is 2.33 bits per heavy atom. The molecule has 1 atom stereocenters. The van der Waals surface area contributed by atoms with Gasteiger partial charge in [0.25, 0.3) is 0 Å². The third-order valence-corrected chi connectivity index (χ3v) is 3.11. The number of hydrogen-bond donors (Lipinski definition) is 2. The molecule has 0 bridgehead atoms. The summed E-state index contributed by atoms with van der Waals surface area (Å²) in [5, 5.41) is 13.1. The van der Waals surface area contributed by atoms with Gasteiger partial charge in [-0.3, -0.25) is 0 Å². The molecule has 0 spiro atoms. The van der Waals surface area contributed by atoms with Crippen molar-refractivity contribution in [3.05, 3.63) is 58.8 Å². The van der Waals surface area contributed by atoms with Gasteiger partial charge in [0, 0.05) is 13.1 Å². The fourth-order valence-electron chi connectivity index (χ4n) is 1.97. The van der Waals surface area contributed by atoms with Crippen LogP contribution in [0.15, 0.2) is 28.7 Å². The lowest BCUT2D eigenvalue weighted by atomic mass is 10.0. The van der Waals surface area contributed by atoms with Crippen LogP contribution in [0.4, 0.5) is 13.2 Å². The summed E-state index contributed by atoms with van der Waals surface area (Å²) in [7, 11) is 0. The Balaban J connectivity index is 1.98. The van der Waals surface area contributed by atoms with E-state index in [2.05, 4.69) is 5.32 Å². The van der Waals surface area contributed by atoms with E-state index in [1.165, 1.54) is 0 Å². The topological polar surface area (TPSA) is 45.4 Å². The molecule has 1 heterocycles. The second-order valence-corrected chi connectivity index (χ2v) is 5.16. The summed E-state index contributed by atoms with van der Waals surface area (Å²) in [4.78, 5) is 0. The highest BCUT2D eigenvalue weighted by Gasteiger charge is 2.26. The largest absolute Gasteiger partial charge is 0.463 e. The van der Waals surface area contributed by atoms with Gasteiger partial charge in [-0.25, -0.2) is 13.2 Å². The lowest BCUT2D eigenvalue weighted by molar-refractivity contribution is 0.0332. The number of furan rings is 1. The third kappa shape index (κ3) is 3.65. The second kappa shape index (κ2) is 5.91. The summed E-state index contributed by atoms with van der Waals surface area (Å²) in [6.07, 6.45) is 0. The molecule has 114 valence electrons. The maximum absolute atomic E-state index is 13.1. The van der Waals surface area contributed by atoms with Crippen LogP contribution < -0.4 is 5.32 Å².